The molecule has 3 N–H and O–H groups in total. The van der Waals surface area contributed by atoms with Crippen molar-refractivity contribution in [3.8, 4) is 0 Å². The topological polar surface area (TPSA) is 55.1 Å². The minimum absolute atomic E-state index is 0.181. The van der Waals surface area contributed by atoms with Crippen LogP contribution >= 0.6 is 11.8 Å². The lowest BCUT2D eigenvalue weighted by molar-refractivity contribution is -0.118. The van der Waals surface area contributed by atoms with Gasteiger partial charge < -0.3 is 11.1 Å². The number of carbonyl (C=O) groups is 1. The fourth-order valence-corrected chi connectivity index (χ4v) is 2.74. The Morgan fingerprint density at radius 1 is 1.36 bits per heavy atom. The smallest absolute Gasteiger partial charge is 0.217 e. The Kier molecular flexibility index (Phi) is 6.03. The van der Waals surface area contributed by atoms with E-state index >= 15 is 0 Å². The van der Waals surface area contributed by atoms with Crippen LogP contribution in [0.25, 0.3) is 0 Å². The molecule has 0 bridgehead atoms. The Labute approximate surface area is 90.2 Å². The van der Waals surface area contributed by atoms with Crippen molar-refractivity contribution >= 4 is 17.7 Å². The molecule has 1 aliphatic heterocycles. The van der Waals surface area contributed by atoms with Crippen LogP contribution in [0.4, 0.5) is 0 Å². The van der Waals surface area contributed by atoms with Gasteiger partial charge >= 0.3 is 0 Å². The lowest BCUT2D eigenvalue weighted by Gasteiger charge is -2.22. The van der Waals surface area contributed by atoms with Crippen LogP contribution in [0.1, 0.15) is 32.1 Å². The predicted molar refractivity (Wildman–Crippen MR) is 61.4 cm³/mol. The van der Waals surface area contributed by atoms with Gasteiger partial charge in [0.05, 0.1) is 0 Å². The molecule has 0 aromatic carbocycles. The summed E-state index contributed by atoms with van der Waals surface area (Å²) in [5.74, 6) is 2.40. The van der Waals surface area contributed by atoms with Gasteiger partial charge in [0.2, 0.25) is 5.91 Å². The quantitative estimate of drug-likeness (QED) is 0.654. The molecule has 0 unspecified atom stereocenters. The lowest BCUT2D eigenvalue weighted by atomic mass is 10.1. The molecular formula is C10H20N2OS. The molecule has 0 aromatic rings. The molecule has 82 valence electrons. The largest absolute Gasteiger partial charge is 0.370 e. The zero-order valence-corrected chi connectivity index (χ0v) is 9.44. The van der Waals surface area contributed by atoms with Crippen LogP contribution in [-0.2, 0) is 4.79 Å². The molecule has 1 aliphatic rings. The van der Waals surface area contributed by atoms with E-state index in [0.29, 0.717) is 12.5 Å². The van der Waals surface area contributed by atoms with Gasteiger partial charge in [0.25, 0.3) is 0 Å². The van der Waals surface area contributed by atoms with Crippen LogP contribution in [-0.4, -0.2) is 30.0 Å². The number of hydrogen-bond donors (Lipinski definition) is 2. The van der Waals surface area contributed by atoms with Gasteiger partial charge in [0, 0.05) is 12.5 Å². The first-order valence-electron chi connectivity index (χ1n) is 5.38. The second-order valence-corrected chi connectivity index (χ2v) is 4.99. The van der Waals surface area contributed by atoms with Crippen molar-refractivity contribution in [2.75, 3.05) is 18.1 Å². The Morgan fingerprint density at radius 3 is 2.71 bits per heavy atom. The predicted octanol–water partition coefficient (Wildman–Crippen LogP) is 1.13. The molecule has 1 heterocycles. The number of primary amides is 1. The van der Waals surface area contributed by atoms with E-state index in [4.69, 9.17) is 5.73 Å². The van der Waals surface area contributed by atoms with Crippen LogP contribution in [0.5, 0.6) is 0 Å². The standard InChI is InChI=1S/C10H20N2OS/c11-10(13)3-1-2-6-12-9-4-7-14-8-5-9/h9,12H,1-8H2,(H2,11,13). The zero-order valence-electron chi connectivity index (χ0n) is 8.63. The van der Waals surface area contributed by atoms with Crippen molar-refractivity contribution in [1.82, 2.24) is 5.32 Å². The summed E-state index contributed by atoms with van der Waals surface area (Å²) in [5, 5.41) is 3.53. The van der Waals surface area contributed by atoms with Crippen molar-refractivity contribution in [3.05, 3.63) is 0 Å². The van der Waals surface area contributed by atoms with E-state index in [1.165, 1.54) is 24.3 Å². The van der Waals surface area contributed by atoms with Gasteiger partial charge in [0.1, 0.15) is 0 Å². The first kappa shape index (κ1) is 11.9. The Bertz CT molecular complexity index is 170. The molecule has 0 radical (unpaired) electrons. The van der Waals surface area contributed by atoms with E-state index in [1.807, 2.05) is 11.8 Å². The molecular weight excluding hydrogens is 196 g/mol. The number of nitrogens with two attached hydrogens (primary N) is 1. The Hall–Kier alpha value is -0.220. The van der Waals surface area contributed by atoms with Gasteiger partial charge in [-0.3, -0.25) is 4.79 Å². The second kappa shape index (κ2) is 7.12. The fourth-order valence-electron chi connectivity index (χ4n) is 1.63. The number of unbranched alkanes of at least 4 members (excludes halogenated alkanes) is 1. The summed E-state index contributed by atoms with van der Waals surface area (Å²) in [6.45, 7) is 1.03. The van der Waals surface area contributed by atoms with Crippen LogP contribution in [0.3, 0.4) is 0 Å². The molecule has 1 saturated heterocycles. The van der Waals surface area contributed by atoms with E-state index < -0.39 is 0 Å². The molecule has 3 nitrogen and oxygen atoms in total. The van der Waals surface area contributed by atoms with Gasteiger partial charge in [-0.2, -0.15) is 11.8 Å². The number of amides is 1. The summed E-state index contributed by atoms with van der Waals surface area (Å²) in [6, 6.07) is 0.713. The minimum atomic E-state index is -0.181. The summed E-state index contributed by atoms with van der Waals surface area (Å²) in [7, 11) is 0. The molecule has 1 amide bonds. The van der Waals surface area contributed by atoms with Crippen molar-refractivity contribution in [3.63, 3.8) is 0 Å². The SMILES string of the molecule is NC(=O)CCCCNC1CCSCC1. The van der Waals surface area contributed by atoms with Gasteiger partial charge in [0.15, 0.2) is 0 Å². The van der Waals surface area contributed by atoms with Gasteiger partial charge in [-0.1, -0.05) is 0 Å². The summed E-state index contributed by atoms with van der Waals surface area (Å²) < 4.78 is 0. The molecule has 0 spiro atoms. The molecule has 1 fully saturated rings. The van der Waals surface area contributed by atoms with Crippen molar-refractivity contribution in [1.29, 1.82) is 0 Å². The van der Waals surface area contributed by atoms with Gasteiger partial charge in [-0.15, -0.1) is 0 Å². The van der Waals surface area contributed by atoms with Crippen LogP contribution in [0.2, 0.25) is 0 Å². The van der Waals surface area contributed by atoms with E-state index in [-0.39, 0.29) is 5.91 Å². The molecule has 0 aliphatic carbocycles. The van der Waals surface area contributed by atoms with Crippen molar-refractivity contribution in [2.45, 2.75) is 38.1 Å². The highest BCUT2D eigenvalue weighted by Crippen LogP contribution is 2.16. The highest BCUT2D eigenvalue weighted by atomic mass is 32.2. The summed E-state index contributed by atoms with van der Waals surface area (Å²) in [6.07, 6.45) is 5.10. The number of nitrogens with one attached hydrogen (secondary N) is 1. The molecule has 0 saturated carbocycles. The van der Waals surface area contributed by atoms with E-state index in [1.54, 1.807) is 0 Å². The Balaban J connectivity index is 1.90. The minimum Gasteiger partial charge on any atom is -0.370 e. The van der Waals surface area contributed by atoms with Crippen LogP contribution in [0.15, 0.2) is 0 Å². The van der Waals surface area contributed by atoms with Gasteiger partial charge in [-0.25, -0.2) is 0 Å². The maximum absolute atomic E-state index is 10.5. The third-order valence-electron chi connectivity index (χ3n) is 2.50. The molecule has 4 heteroatoms. The van der Waals surface area contributed by atoms with Crippen molar-refractivity contribution < 1.29 is 4.79 Å². The second-order valence-electron chi connectivity index (χ2n) is 3.76. The molecule has 14 heavy (non-hydrogen) atoms. The van der Waals surface area contributed by atoms with E-state index in [0.717, 1.165) is 19.4 Å². The number of hydrogen-bond acceptors (Lipinski definition) is 3. The molecule has 1 rings (SSSR count). The molecule has 0 aromatic heterocycles. The number of rotatable bonds is 6. The highest BCUT2D eigenvalue weighted by Gasteiger charge is 2.11. The summed E-state index contributed by atoms with van der Waals surface area (Å²) in [5.41, 5.74) is 5.06. The third kappa shape index (κ3) is 5.50. The first-order valence-corrected chi connectivity index (χ1v) is 6.54. The summed E-state index contributed by atoms with van der Waals surface area (Å²) in [4.78, 5) is 10.5. The number of carbonyl (C=O) groups excluding carboxylic acids is 1. The zero-order chi connectivity index (χ0) is 10.2. The van der Waals surface area contributed by atoms with Crippen LogP contribution in [0, 0.1) is 0 Å². The van der Waals surface area contributed by atoms with Crippen molar-refractivity contribution in [2.24, 2.45) is 5.73 Å². The highest BCUT2D eigenvalue weighted by molar-refractivity contribution is 7.99. The summed E-state index contributed by atoms with van der Waals surface area (Å²) >= 11 is 2.05. The maximum Gasteiger partial charge on any atom is 0.217 e. The lowest BCUT2D eigenvalue weighted by Crippen LogP contribution is -2.33. The van der Waals surface area contributed by atoms with E-state index in [2.05, 4.69) is 5.32 Å². The maximum atomic E-state index is 10.5. The third-order valence-corrected chi connectivity index (χ3v) is 3.55. The van der Waals surface area contributed by atoms with E-state index in [9.17, 15) is 4.79 Å². The first-order chi connectivity index (χ1) is 6.79. The average Bonchev–Trinajstić information content (AvgIpc) is 2.18. The number of thioether (sulfide) groups is 1. The fraction of sp³-hybridized carbons (Fsp3) is 0.900. The molecule has 0 atom stereocenters. The normalized spacial score (nSPS) is 18.3. The average molecular weight is 216 g/mol. The monoisotopic (exact) mass is 216 g/mol. The Morgan fingerprint density at radius 2 is 2.07 bits per heavy atom. The van der Waals surface area contributed by atoms with Crippen LogP contribution < -0.4 is 11.1 Å². The van der Waals surface area contributed by atoms with Gasteiger partial charge in [-0.05, 0) is 43.7 Å².